The molecule has 3 fully saturated rings. The van der Waals surface area contributed by atoms with Crippen LogP contribution in [0.4, 0.5) is 5.69 Å². The van der Waals surface area contributed by atoms with Crippen LogP contribution >= 0.6 is 0 Å². The van der Waals surface area contributed by atoms with Crippen LogP contribution in [0.3, 0.4) is 0 Å². The summed E-state index contributed by atoms with van der Waals surface area (Å²) in [4.78, 5) is 42.0. The Hall–Kier alpha value is -3.28. The first-order chi connectivity index (χ1) is 20.3. The number of ketones is 1. The Morgan fingerprint density at radius 2 is 1.91 bits per heavy atom. The summed E-state index contributed by atoms with van der Waals surface area (Å²) < 4.78 is 0. The van der Waals surface area contributed by atoms with Crippen molar-refractivity contribution in [1.82, 2.24) is 5.32 Å². The standard InChI is InChI=1S/C32H42N3O8/c1-18(36)24-9-10-25-23-8-7-20-16-21(11-13-31(20,2)26(23)12-14-32(24,25)3)34-43-17-27(37)33-28(30(39)40)29(38)19-5-4-6-22(15-19)35(41)42/h4-6,15-16,23-26,28-29,38,41H,7-14,17H2,1-3H3,(H,33,37)(H,39,40)/q-1/t23-,24+,25+,26+,28+,29-,31+,32-/m1/s1. The average molecular weight is 597 g/mol. The lowest BCUT2D eigenvalue weighted by molar-refractivity contribution is -0.146. The van der Waals surface area contributed by atoms with Crippen LogP contribution in [0.15, 0.2) is 41.1 Å². The third-order valence-corrected chi connectivity index (χ3v) is 11.2. The fraction of sp³-hybridized carbons (Fsp3) is 0.625. The molecule has 5 rings (SSSR count). The van der Waals surface area contributed by atoms with Crippen molar-refractivity contribution in [3.05, 3.63) is 46.7 Å². The quantitative estimate of drug-likeness (QED) is 0.299. The minimum absolute atomic E-state index is 0.0297. The van der Waals surface area contributed by atoms with Gasteiger partial charge in [0.2, 0.25) is 0 Å². The Morgan fingerprint density at radius 3 is 2.60 bits per heavy atom. The Kier molecular flexibility index (Phi) is 8.70. The van der Waals surface area contributed by atoms with E-state index in [0.717, 1.165) is 56.7 Å². The van der Waals surface area contributed by atoms with Crippen molar-refractivity contribution >= 4 is 29.1 Å². The molecule has 1 aromatic carbocycles. The van der Waals surface area contributed by atoms with Gasteiger partial charge >= 0.3 is 5.97 Å². The molecular weight excluding hydrogens is 554 g/mol. The van der Waals surface area contributed by atoms with E-state index >= 15 is 0 Å². The lowest BCUT2D eigenvalue weighted by Crippen LogP contribution is -2.51. The number of carboxylic acid groups (broad SMARTS) is 1. The second-order valence-electron chi connectivity index (χ2n) is 13.3. The molecule has 234 valence electrons. The third kappa shape index (κ3) is 5.82. The summed E-state index contributed by atoms with van der Waals surface area (Å²) in [6.07, 6.45) is 8.56. The Morgan fingerprint density at radius 1 is 1.14 bits per heavy atom. The van der Waals surface area contributed by atoms with E-state index in [9.17, 15) is 29.8 Å². The molecule has 11 heteroatoms. The molecule has 0 aliphatic heterocycles. The van der Waals surface area contributed by atoms with E-state index < -0.39 is 35.9 Å². The number of hydrogen-bond donors (Lipinski definition) is 4. The van der Waals surface area contributed by atoms with Crippen molar-refractivity contribution in [3.63, 3.8) is 0 Å². The highest BCUT2D eigenvalue weighted by atomic mass is 16.8. The van der Waals surface area contributed by atoms with Gasteiger partial charge in [0, 0.05) is 5.92 Å². The molecule has 0 heterocycles. The maximum Gasteiger partial charge on any atom is 0.329 e. The lowest BCUT2D eigenvalue weighted by Gasteiger charge is -2.58. The van der Waals surface area contributed by atoms with Crippen LogP contribution in [-0.4, -0.2) is 51.4 Å². The number of carbonyl (C=O) groups is 3. The number of carboxylic acids is 1. The highest BCUT2D eigenvalue weighted by Gasteiger charge is 2.59. The number of benzene rings is 1. The van der Waals surface area contributed by atoms with E-state index in [1.807, 2.05) is 0 Å². The molecule has 8 atom stereocenters. The van der Waals surface area contributed by atoms with Crippen LogP contribution < -0.4 is 10.5 Å². The number of aliphatic hydroxyl groups excluding tert-OH is 1. The summed E-state index contributed by atoms with van der Waals surface area (Å²) in [6, 6.07) is 3.44. The van der Waals surface area contributed by atoms with Crippen LogP contribution in [0, 0.1) is 39.7 Å². The molecule has 3 saturated carbocycles. The topological polar surface area (TPSA) is 172 Å². The molecule has 0 unspecified atom stereocenters. The number of fused-ring (bicyclic) bond motifs is 5. The van der Waals surface area contributed by atoms with Crippen LogP contribution in [-0.2, 0) is 19.2 Å². The minimum Gasteiger partial charge on any atom is -0.733 e. The first-order valence-corrected chi connectivity index (χ1v) is 15.2. The summed E-state index contributed by atoms with van der Waals surface area (Å²) in [5.74, 6) is 0.0920. The fourth-order valence-corrected chi connectivity index (χ4v) is 9.00. The van der Waals surface area contributed by atoms with Crippen LogP contribution in [0.5, 0.6) is 0 Å². The monoisotopic (exact) mass is 596 g/mol. The summed E-state index contributed by atoms with van der Waals surface area (Å²) in [7, 11) is 0. The van der Waals surface area contributed by atoms with Gasteiger partial charge in [0.05, 0.1) is 11.4 Å². The highest BCUT2D eigenvalue weighted by molar-refractivity contribution is 5.96. The highest BCUT2D eigenvalue weighted by Crippen LogP contribution is 2.66. The molecule has 4 N–H and O–H groups in total. The summed E-state index contributed by atoms with van der Waals surface area (Å²) in [6.45, 7) is 5.96. The molecule has 0 saturated heterocycles. The number of anilines is 1. The van der Waals surface area contributed by atoms with E-state index in [1.165, 1.54) is 23.8 Å². The predicted octanol–water partition coefficient (Wildman–Crippen LogP) is 4.52. The SMILES string of the molecule is CC(=O)[C@@H]1CC[C@H]2[C@H]3CCC4=CC(=NOCC(=O)N[C@H](C(=O)O)[C@H](O)c5cccc(N([O-])O)c5)CC[C@]4(C)[C@H]3CC[C@]12C. The predicted molar refractivity (Wildman–Crippen MR) is 158 cm³/mol. The van der Waals surface area contributed by atoms with E-state index in [1.54, 1.807) is 6.92 Å². The lowest BCUT2D eigenvalue weighted by atomic mass is 9.46. The number of aliphatic hydroxyl groups is 1. The van der Waals surface area contributed by atoms with Crippen LogP contribution in [0.1, 0.15) is 83.8 Å². The van der Waals surface area contributed by atoms with Crippen molar-refractivity contribution < 1.29 is 34.6 Å². The van der Waals surface area contributed by atoms with E-state index in [0.29, 0.717) is 30.0 Å². The van der Waals surface area contributed by atoms with Crippen molar-refractivity contribution in [1.29, 1.82) is 0 Å². The van der Waals surface area contributed by atoms with Gasteiger partial charge in [0.25, 0.3) is 5.91 Å². The molecule has 0 aromatic heterocycles. The van der Waals surface area contributed by atoms with Gasteiger partial charge in [-0.1, -0.05) is 36.7 Å². The molecule has 11 nitrogen and oxygen atoms in total. The third-order valence-electron chi connectivity index (χ3n) is 11.2. The number of allylic oxidation sites excluding steroid dienone is 2. The number of Topliss-reactive ketones (excluding diaryl/α,β-unsaturated/α-hetero) is 1. The molecule has 0 radical (unpaired) electrons. The number of hydrogen-bond acceptors (Lipinski definition) is 9. The smallest absolute Gasteiger partial charge is 0.329 e. The van der Waals surface area contributed by atoms with Crippen LogP contribution in [0.2, 0.25) is 0 Å². The van der Waals surface area contributed by atoms with Crippen molar-refractivity contribution in [2.75, 3.05) is 11.8 Å². The second kappa shape index (κ2) is 12.0. The summed E-state index contributed by atoms with van der Waals surface area (Å²) in [5.41, 5.74) is 2.15. The van der Waals surface area contributed by atoms with Crippen molar-refractivity contribution in [2.45, 2.75) is 84.3 Å². The Bertz CT molecular complexity index is 1330. The Balaban J connectivity index is 1.20. The number of aliphatic carboxylic acids is 1. The van der Waals surface area contributed by atoms with E-state index in [4.69, 9.17) is 10.0 Å². The molecule has 0 spiro atoms. The van der Waals surface area contributed by atoms with Gasteiger partial charge in [0.15, 0.2) is 12.6 Å². The first-order valence-electron chi connectivity index (χ1n) is 15.2. The number of rotatable bonds is 9. The average Bonchev–Trinajstić information content (AvgIpc) is 3.33. The van der Waals surface area contributed by atoms with Gasteiger partial charge in [0.1, 0.15) is 11.9 Å². The van der Waals surface area contributed by atoms with E-state index in [-0.39, 0.29) is 28.0 Å². The molecule has 4 aliphatic carbocycles. The van der Waals surface area contributed by atoms with Gasteiger partial charge in [-0.3, -0.25) is 14.8 Å². The zero-order valence-electron chi connectivity index (χ0n) is 25.0. The normalized spacial score (nSPS) is 33.7. The molecular formula is C32H42N3O8-. The largest absolute Gasteiger partial charge is 0.733 e. The fourth-order valence-electron chi connectivity index (χ4n) is 9.00. The minimum atomic E-state index is -1.71. The second-order valence-corrected chi connectivity index (χ2v) is 13.3. The molecule has 1 aromatic rings. The van der Waals surface area contributed by atoms with Gasteiger partial charge in [-0.2, -0.15) is 0 Å². The van der Waals surface area contributed by atoms with Gasteiger partial charge in [-0.05, 0) is 111 Å². The number of carbonyl (C=O) groups excluding carboxylic acids is 2. The summed E-state index contributed by atoms with van der Waals surface area (Å²) in [5, 5.41) is 46.4. The number of nitrogens with zero attached hydrogens (tertiary/aromatic N) is 2. The number of oxime groups is 1. The maximum absolute atomic E-state index is 12.5. The van der Waals surface area contributed by atoms with Gasteiger partial charge < -0.3 is 30.8 Å². The molecule has 43 heavy (non-hydrogen) atoms. The number of amides is 1. The number of nitrogens with one attached hydrogen (secondary N) is 1. The summed E-state index contributed by atoms with van der Waals surface area (Å²) >= 11 is 0. The first kappa shape index (κ1) is 31.2. The maximum atomic E-state index is 12.5. The Labute approximate surface area is 251 Å². The molecule has 4 aliphatic rings. The zero-order chi connectivity index (χ0) is 31.1. The van der Waals surface area contributed by atoms with E-state index in [2.05, 4.69) is 30.4 Å². The molecule has 0 bridgehead atoms. The van der Waals surface area contributed by atoms with Gasteiger partial charge in [-0.15, -0.1) is 0 Å². The van der Waals surface area contributed by atoms with Crippen molar-refractivity contribution in [2.24, 2.45) is 39.7 Å². The molecule has 1 amide bonds. The zero-order valence-corrected chi connectivity index (χ0v) is 25.0. The van der Waals surface area contributed by atoms with Crippen LogP contribution in [0.25, 0.3) is 0 Å². The van der Waals surface area contributed by atoms with Crippen molar-refractivity contribution in [3.8, 4) is 0 Å². The van der Waals surface area contributed by atoms with Gasteiger partial charge in [-0.25, -0.2) is 4.79 Å².